The van der Waals surface area contributed by atoms with Crippen LogP contribution in [0.15, 0.2) is 30.3 Å². The number of piperidine rings is 1. The molecule has 44 heavy (non-hydrogen) atoms. The molecule has 3 heterocycles. The van der Waals surface area contributed by atoms with Crippen molar-refractivity contribution in [2.45, 2.75) is 52.5 Å². The van der Waals surface area contributed by atoms with Crippen LogP contribution < -0.4 is 4.74 Å². The molecule has 242 valence electrons. The first-order chi connectivity index (χ1) is 21.2. The molecule has 0 saturated carbocycles. The molecule has 4 rings (SSSR count). The third kappa shape index (κ3) is 8.09. The Hall–Kier alpha value is -3.64. The second-order valence-electron chi connectivity index (χ2n) is 11.8. The Morgan fingerprint density at radius 1 is 1.09 bits per heavy atom. The third-order valence-electron chi connectivity index (χ3n) is 8.08. The molecule has 0 bridgehead atoms. The Kier molecular flexibility index (Phi) is 12.0. The van der Waals surface area contributed by atoms with Crippen molar-refractivity contribution in [2.75, 3.05) is 66.3 Å². The van der Waals surface area contributed by atoms with Crippen LogP contribution in [0.25, 0.3) is 5.69 Å². The van der Waals surface area contributed by atoms with Crippen LogP contribution >= 0.6 is 0 Å². The summed E-state index contributed by atoms with van der Waals surface area (Å²) in [4.78, 5) is 50.0. The van der Waals surface area contributed by atoms with E-state index < -0.39 is 18.1 Å². The Bertz CT molecular complexity index is 1250. The van der Waals surface area contributed by atoms with E-state index >= 15 is 0 Å². The molecule has 12 heteroatoms. The summed E-state index contributed by atoms with van der Waals surface area (Å²) in [7, 11) is 1.67. The summed E-state index contributed by atoms with van der Waals surface area (Å²) >= 11 is 0. The van der Waals surface area contributed by atoms with Gasteiger partial charge in [-0.05, 0) is 50.7 Å². The predicted molar refractivity (Wildman–Crippen MR) is 164 cm³/mol. The maximum absolute atomic E-state index is 14.6. The van der Waals surface area contributed by atoms with Gasteiger partial charge < -0.3 is 34.0 Å². The number of carbonyl (C=O) groups excluding carboxylic acids is 2. The highest BCUT2D eigenvalue weighted by atomic mass is 16.5. The van der Waals surface area contributed by atoms with Crippen molar-refractivity contribution in [2.24, 2.45) is 11.8 Å². The van der Waals surface area contributed by atoms with Gasteiger partial charge in [-0.2, -0.15) is 4.98 Å². The summed E-state index contributed by atoms with van der Waals surface area (Å²) in [6, 6.07) is 9.54. The first-order valence-electron chi connectivity index (χ1n) is 15.7. The maximum Gasteiger partial charge on any atom is 0.407 e. The van der Waals surface area contributed by atoms with Crippen molar-refractivity contribution in [1.29, 1.82) is 0 Å². The van der Waals surface area contributed by atoms with Gasteiger partial charge in [-0.25, -0.2) is 4.79 Å². The van der Waals surface area contributed by atoms with E-state index in [4.69, 9.17) is 19.2 Å². The lowest BCUT2D eigenvalue weighted by Crippen LogP contribution is -2.58. The minimum absolute atomic E-state index is 0.0907. The Labute approximate surface area is 259 Å². The number of likely N-dealkylation sites (tertiary alicyclic amines) is 1. The number of methoxy groups -OCH3 is 1. The van der Waals surface area contributed by atoms with Crippen molar-refractivity contribution in [3.63, 3.8) is 0 Å². The molecular weight excluding hydrogens is 566 g/mol. The van der Waals surface area contributed by atoms with Gasteiger partial charge in [-0.3, -0.25) is 14.2 Å². The number of amides is 3. The van der Waals surface area contributed by atoms with Crippen molar-refractivity contribution in [3.8, 4) is 11.7 Å². The Morgan fingerprint density at radius 2 is 1.82 bits per heavy atom. The highest BCUT2D eigenvalue weighted by molar-refractivity contribution is 5.94. The molecule has 1 N–H and O–H groups in total. The van der Waals surface area contributed by atoms with Crippen molar-refractivity contribution >= 4 is 17.9 Å². The number of morpholine rings is 1. The molecule has 2 saturated heterocycles. The fraction of sp³-hybridized carbons (Fsp3) is 0.625. The Balaban J connectivity index is 1.73. The van der Waals surface area contributed by atoms with Crippen LogP contribution in [0.4, 0.5) is 4.79 Å². The topological polar surface area (TPSA) is 127 Å². The van der Waals surface area contributed by atoms with Gasteiger partial charge in [-0.1, -0.05) is 32.0 Å². The third-order valence-corrected chi connectivity index (χ3v) is 8.08. The molecule has 0 radical (unpaired) electrons. The number of carbonyl (C=O) groups is 3. The monoisotopic (exact) mass is 613 g/mol. The largest absolute Gasteiger partial charge is 0.465 e. The van der Waals surface area contributed by atoms with E-state index in [2.05, 4.69) is 0 Å². The van der Waals surface area contributed by atoms with E-state index in [-0.39, 0.29) is 30.8 Å². The van der Waals surface area contributed by atoms with Gasteiger partial charge in [-0.15, -0.1) is 0 Å². The second kappa shape index (κ2) is 15.9. The summed E-state index contributed by atoms with van der Waals surface area (Å²) < 4.78 is 18.6. The van der Waals surface area contributed by atoms with Crippen LogP contribution in [-0.2, 0) is 20.7 Å². The number of aromatic nitrogens is 2. The zero-order valence-corrected chi connectivity index (χ0v) is 26.4. The highest BCUT2D eigenvalue weighted by Crippen LogP contribution is 2.30. The molecule has 2 atom stereocenters. The molecule has 0 spiro atoms. The molecule has 2 aliphatic rings. The number of benzene rings is 1. The molecule has 0 aliphatic carbocycles. The number of para-hydroxylation sites is 1. The fourth-order valence-electron chi connectivity index (χ4n) is 6.04. The quantitative estimate of drug-likeness (QED) is 0.340. The van der Waals surface area contributed by atoms with Gasteiger partial charge in [0.2, 0.25) is 5.91 Å². The van der Waals surface area contributed by atoms with Crippen LogP contribution in [0.5, 0.6) is 6.01 Å². The molecular formula is C32H47N5O7. The molecule has 12 nitrogen and oxygen atoms in total. The first kappa shape index (κ1) is 33.3. The fourth-order valence-corrected chi connectivity index (χ4v) is 6.04. The first-order valence-corrected chi connectivity index (χ1v) is 15.7. The molecule has 3 amide bonds. The van der Waals surface area contributed by atoms with Gasteiger partial charge in [0.25, 0.3) is 5.91 Å². The summed E-state index contributed by atoms with van der Waals surface area (Å²) in [6.45, 7) is 9.39. The summed E-state index contributed by atoms with van der Waals surface area (Å²) in [6.07, 6.45) is 1.43. The predicted octanol–water partition coefficient (Wildman–Crippen LogP) is 3.57. The zero-order chi connectivity index (χ0) is 31.6. The van der Waals surface area contributed by atoms with Crippen LogP contribution in [0, 0.1) is 11.8 Å². The van der Waals surface area contributed by atoms with E-state index in [1.807, 2.05) is 55.7 Å². The van der Waals surface area contributed by atoms with Gasteiger partial charge in [0.05, 0.1) is 43.2 Å². The number of hydrogen-bond donors (Lipinski definition) is 1. The van der Waals surface area contributed by atoms with E-state index in [0.717, 1.165) is 24.2 Å². The van der Waals surface area contributed by atoms with E-state index in [1.165, 1.54) is 4.90 Å². The number of carboxylic acid groups (broad SMARTS) is 1. The standard InChI is InChI=1S/C32H47N5O7/c1-5-44-31-33-28(27(13-9-10-16-42-4)37(31)25-11-7-6-8-12-25)30(39)36(20-23(2)3)26-19-24(21-35(22-26)32(40)41)29(38)34-14-17-43-18-15-34/h6-8,11-12,23-24,26H,5,9-10,13-22H2,1-4H3,(H,40,41)/t24-,26+/m1/s1. The maximum atomic E-state index is 14.6. The normalized spacial score (nSPS) is 18.8. The summed E-state index contributed by atoms with van der Waals surface area (Å²) in [5, 5.41) is 10.0. The average Bonchev–Trinajstić information content (AvgIpc) is 3.39. The van der Waals surface area contributed by atoms with E-state index in [1.54, 1.807) is 16.9 Å². The Morgan fingerprint density at radius 3 is 2.45 bits per heavy atom. The lowest BCUT2D eigenvalue weighted by molar-refractivity contribution is -0.142. The molecule has 0 unspecified atom stereocenters. The smallest absolute Gasteiger partial charge is 0.407 e. The van der Waals surface area contributed by atoms with Gasteiger partial charge in [0.1, 0.15) is 0 Å². The number of nitrogens with zero attached hydrogens (tertiary/aromatic N) is 5. The number of hydrogen-bond acceptors (Lipinski definition) is 7. The summed E-state index contributed by atoms with van der Waals surface area (Å²) in [5.74, 6) is -0.835. The average molecular weight is 614 g/mol. The van der Waals surface area contributed by atoms with Crippen molar-refractivity contribution in [1.82, 2.24) is 24.3 Å². The van der Waals surface area contributed by atoms with Crippen molar-refractivity contribution < 1.29 is 33.7 Å². The second-order valence-corrected chi connectivity index (χ2v) is 11.8. The number of unbranched alkanes of at least 4 members (excludes halogenated alkanes) is 1. The zero-order valence-electron chi connectivity index (χ0n) is 26.4. The number of imidazole rings is 1. The van der Waals surface area contributed by atoms with E-state index in [0.29, 0.717) is 70.6 Å². The minimum Gasteiger partial charge on any atom is -0.465 e. The van der Waals surface area contributed by atoms with Gasteiger partial charge >= 0.3 is 12.1 Å². The van der Waals surface area contributed by atoms with Crippen LogP contribution in [-0.4, -0.2) is 120 Å². The van der Waals surface area contributed by atoms with Gasteiger partial charge in [0, 0.05) is 46.4 Å². The molecule has 1 aromatic carbocycles. The number of ether oxygens (including phenoxy) is 3. The summed E-state index contributed by atoms with van der Waals surface area (Å²) in [5.41, 5.74) is 1.87. The van der Waals surface area contributed by atoms with Crippen molar-refractivity contribution in [3.05, 3.63) is 41.7 Å². The molecule has 2 fully saturated rings. The lowest BCUT2D eigenvalue weighted by atomic mass is 9.91. The number of rotatable bonds is 13. The molecule has 2 aromatic rings. The van der Waals surface area contributed by atoms with Gasteiger partial charge in [0.15, 0.2) is 5.69 Å². The highest BCUT2D eigenvalue weighted by Gasteiger charge is 2.41. The minimum atomic E-state index is -1.10. The van der Waals surface area contributed by atoms with Crippen LogP contribution in [0.3, 0.4) is 0 Å². The molecule has 1 aromatic heterocycles. The molecule has 2 aliphatic heterocycles. The van der Waals surface area contributed by atoms with E-state index in [9.17, 15) is 19.5 Å². The van der Waals surface area contributed by atoms with Crippen LogP contribution in [0.2, 0.25) is 0 Å². The van der Waals surface area contributed by atoms with Crippen LogP contribution in [0.1, 0.15) is 56.2 Å². The lowest BCUT2D eigenvalue weighted by Gasteiger charge is -2.43. The SMILES string of the molecule is CCOc1nc(C(=O)N(CC(C)C)[C@H]2C[C@@H](C(=O)N3CCOCC3)CN(C(=O)O)C2)c(CCCCOC)n1-c1ccccc1.